The molecule has 0 saturated carbocycles. The molecule has 2 saturated heterocycles. The number of rotatable bonds is 1. The summed E-state index contributed by atoms with van der Waals surface area (Å²) in [6.45, 7) is 4.57. The Labute approximate surface area is 90.0 Å². The second-order valence-electron chi connectivity index (χ2n) is 4.88. The fourth-order valence-corrected chi connectivity index (χ4v) is 2.85. The topological polar surface area (TPSA) is 15.3 Å². The van der Waals surface area contributed by atoms with Crippen molar-refractivity contribution in [3.63, 3.8) is 0 Å². The van der Waals surface area contributed by atoms with E-state index in [1.165, 1.54) is 0 Å². The third-order valence-electron chi connectivity index (χ3n) is 3.67. The molecule has 2 aliphatic heterocycles. The molecule has 2 heterocycles. The fourth-order valence-electron chi connectivity index (χ4n) is 2.85. The molecule has 2 aliphatic rings. The lowest BCUT2D eigenvalue weighted by Crippen LogP contribution is -2.52. The lowest BCUT2D eigenvalue weighted by molar-refractivity contribution is -0.0865. The van der Waals surface area contributed by atoms with E-state index in [2.05, 4.69) is 10.2 Å². The maximum atomic E-state index is 13.2. The van der Waals surface area contributed by atoms with E-state index >= 15 is 0 Å². The highest BCUT2D eigenvalue weighted by atomic mass is 19.3. The van der Waals surface area contributed by atoms with Gasteiger partial charge in [0.25, 0.3) is 5.92 Å². The van der Waals surface area contributed by atoms with Gasteiger partial charge >= 0.3 is 0 Å². The third-order valence-corrected chi connectivity index (χ3v) is 3.67. The molecule has 0 spiro atoms. The molecule has 0 amide bonds. The molecule has 1 atom stereocenters. The molecule has 15 heavy (non-hydrogen) atoms. The smallest absolute Gasteiger partial charge is 0.250 e. The molecule has 0 aromatic heterocycles. The largest absolute Gasteiger partial charge is 0.317 e. The quantitative estimate of drug-likeness (QED) is 0.722. The van der Waals surface area contributed by atoms with Crippen LogP contribution >= 0.6 is 0 Å². The van der Waals surface area contributed by atoms with E-state index in [0.29, 0.717) is 12.6 Å². The van der Waals surface area contributed by atoms with Crippen LogP contribution in [0, 0.1) is 0 Å². The second kappa shape index (κ2) is 4.34. The molecular formula is C11H20F2N2. The van der Waals surface area contributed by atoms with Crippen LogP contribution in [0.1, 0.15) is 32.6 Å². The molecule has 1 N–H and O–H groups in total. The Morgan fingerprint density at radius 1 is 1.27 bits per heavy atom. The molecular weight excluding hydrogens is 198 g/mol. The van der Waals surface area contributed by atoms with Crippen LogP contribution in [0.2, 0.25) is 0 Å². The van der Waals surface area contributed by atoms with Crippen molar-refractivity contribution < 1.29 is 8.78 Å². The molecule has 0 aromatic carbocycles. The van der Waals surface area contributed by atoms with Gasteiger partial charge in [0.05, 0.1) is 0 Å². The highest BCUT2D eigenvalue weighted by molar-refractivity contribution is 4.89. The summed E-state index contributed by atoms with van der Waals surface area (Å²) in [5.41, 5.74) is 0. The summed E-state index contributed by atoms with van der Waals surface area (Å²) in [5.74, 6) is -2.43. The predicted octanol–water partition coefficient (Wildman–Crippen LogP) is 1.86. The summed E-state index contributed by atoms with van der Waals surface area (Å²) in [7, 11) is 0. The number of likely N-dealkylation sites (tertiary alicyclic amines) is 1. The first-order valence-corrected chi connectivity index (χ1v) is 5.93. The molecule has 0 aliphatic carbocycles. The van der Waals surface area contributed by atoms with Gasteiger partial charge in [0.2, 0.25) is 0 Å². The van der Waals surface area contributed by atoms with E-state index < -0.39 is 5.92 Å². The maximum Gasteiger partial charge on any atom is 0.250 e. The van der Waals surface area contributed by atoms with Crippen LogP contribution in [0.4, 0.5) is 8.78 Å². The molecule has 0 unspecified atom stereocenters. The Kier molecular flexibility index (Phi) is 3.26. The highest BCUT2D eigenvalue weighted by Crippen LogP contribution is 2.33. The van der Waals surface area contributed by atoms with E-state index in [-0.39, 0.29) is 18.9 Å². The number of hydrogen-bond acceptors (Lipinski definition) is 2. The standard InChI is InChI=1S/C11H20F2N2/c1-9-8-11(12,13)4-7-15(9)10-2-5-14-6-3-10/h9-10,14H,2-8H2,1H3/t9-/m0/s1. The van der Waals surface area contributed by atoms with Gasteiger partial charge in [0.15, 0.2) is 0 Å². The average molecular weight is 218 g/mol. The first-order chi connectivity index (χ1) is 7.08. The van der Waals surface area contributed by atoms with Gasteiger partial charge in [0, 0.05) is 31.5 Å². The Morgan fingerprint density at radius 2 is 1.93 bits per heavy atom. The van der Waals surface area contributed by atoms with Crippen LogP contribution in [0.25, 0.3) is 0 Å². The maximum absolute atomic E-state index is 13.2. The summed E-state index contributed by atoms with van der Waals surface area (Å²) in [5, 5.41) is 3.31. The average Bonchev–Trinajstić information content (AvgIpc) is 2.17. The lowest BCUT2D eigenvalue weighted by atomic mass is 9.94. The zero-order chi connectivity index (χ0) is 10.9. The van der Waals surface area contributed by atoms with Gasteiger partial charge in [-0.2, -0.15) is 0 Å². The van der Waals surface area contributed by atoms with Gasteiger partial charge in [-0.25, -0.2) is 8.78 Å². The van der Waals surface area contributed by atoms with Crippen molar-refractivity contribution in [2.45, 2.75) is 50.6 Å². The van der Waals surface area contributed by atoms with Crippen molar-refractivity contribution in [1.29, 1.82) is 0 Å². The minimum Gasteiger partial charge on any atom is -0.317 e. The van der Waals surface area contributed by atoms with Gasteiger partial charge in [0.1, 0.15) is 0 Å². The van der Waals surface area contributed by atoms with Crippen LogP contribution in [-0.4, -0.2) is 42.5 Å². The monoisotopic (exact) mass is 218 g/mol. The van der Waals surface area contributed by atoms with E-state index in [1.807, 2.05) is 6.92 Å². The van der Waals surface area contributed by atoms with Gasteiger partial charge in [-0.15, -0.1) is 0 Å². The number of nitrogens with one attached hydrogen (secondary N) is 1. The van der Waals surface area contributed by atoms with Crippen LogP contribution in [0.3, 0.4) is 0 Å². The van der Waals surface area contributed by atoms with Crippen molar-refractivity contribution in [2.24, 2.45) is 0 Å². The van der Waals surface area contributed by atoms with Crippen LogP contribution in [-0.2, 0) is 0 Å². The number of alkyl halides is 2. The molecule has 4 heteroatoms. The van der Waals surface area contributed by atoms with E-state index in [9.17, 15) is 8.78 Å². The Balaban J connectivity index is 1.92. The Bertz CT molecular complexity index is 215. The normalized spacial score (nSPS) is 34.2. The van der Waals surface area contributed by atoms with E-state index in [0.717, 1.165) is 25.9 Å². The second-order valence-corrected chi connectivity index (χ2v) is 4.88. The Morgan fingerprint density at radius 3 is 2.53 bits per heavy atom. The molecule has 2 fully saturated rings. The van der Waals surface area contributed by atoms with Crippen LogP contribution in [0.15, 0.2) is 0 Å². The molecule has 0 radical (unpaired) electrons. The summed E-state index contributed by atoms with van der Waals surface area (Å²) < 4.78 is 26.3. The lowest BCUT2D eigenvalue weighted by Gasteiger charge is -2.43. The SMILES string of the molecule is C[C@H]1CC(F)(F)CCN1C1CCNCC1. The highest BCUT2D eigenvalue weighted by Gasteiger charge is 2.40. The van der Waals surface area contributed by atoms with Crippen molar-refractivity contribution in [3.8, 4) is 0 Å². The van der Waals surface area contributed by atoms with Crippen molar-refractivity contribution in [1.82, 2.24) is 10.2 Å². The van der Waals surface area contributed by atoms with Crippen LogP contribution in [0.5, 0.6) is 0 Å². The minimum absolute atomic E-state index is 0.0386. The number of piperidine rings is 2. The van der Waals surface area contributed by atoms with Gasteiger partial charge in [-0.3, -0.25) is 4.90 Å². The number of hydrogen-bond donors (Lipinski definition) is 1. The molecule has 2 nitrogen and oxygen atoms in total. The van der Waals surface area contributed by atoms with E-state index in [1.54, 1.807) is 0 Å². The summed E-state index contributed by atoms with van der Waals surface area (Å²) in [6.07, 6.45) is 2.30. The molecule has 0 aromatic rings. The summed E-state index contributed by atoms with van der Waals surface area (Å²) in [6, 6.07) is 0.564. The zero-order valence-electron chi connectivity index (χ0n) is 9.31. The minimum atomic E-state index is -2.43. The Hall–Kier alpha value is -0.220. The molecule has 0 bridgehead atoms. The van der Waals surface area contributed by atoms with Crippen molar-refractivity contribution in [3.05, 3.63) is 0 Å². The molecule has 2 rings (SSSR count). The van der Waals surface area contributed by atoms with Gasteiger partial charge < -0.3 is 5.32 Å². The molecule has 88 valence electrons. The van der Waals surface area contributed by atoms with Crippen molar-refractivity contribution >= 4 is 0 Å². The summed E-state index contributed by atoms with van der Waals surface area (Å²) in [4.78, 5) is 2.29. The van der Waals surface area contributed by atoms with Crippen LogP contribution < -0.4 is 5.32 Å². The number of nitrogens with zero attached hydrogens (tertiary/aromatic N) is 1. The third kappa shape index (κ3) is 2.67. The summed E-state index contributed by atoms with van der Waals surface area (Å²) >= 11 is 0. The first kappa shape index (κ1) is 11.3. The predicted molar refractivity (Wildman–Crippen MR) is 56.2 cm³/mol. The number of halogens is 2. The first-order valence-electron chi connectivity index (χ1n) is 5.93. The van der Waals surface area contributed by atoms with Gasteiger partial charge in [-0.1, -0.05) is 0 Å². The van der Waals surface area contributed by atoms with Gasteiger partial charge in [-0.05, 0) is 32.9 Å². The zero-order valence-corrected chi connectivity index (χ0v) is 9.31. The van der Waals surface area contributed by atoms with E-state index in [4.69, 9.17) is 0 Å². The fraction of sp³-hybridized carbons (Fsp3) is 1.00. The van der Waals surface area contributed by atoms with Crippen molar-refractivity contribution in [2.75, 3.05) is 19.6 Å².